The maximum atomic E-state index is 12.7. The summed E-state index contributed by atoms with van der Waals surface area (Å²) in [6.45, 7) is 3.20. The number of anilines is 1. The van der Waals surface area contributed by atoms with Crippen LogP contribution in [0.3, 0.4) is 0 Å². The second kappa shape index (κ2) is 8.57. The van der Waals surface area contributed by atoms with Crippen molar-refractivity contribution < 1.29 is 8.42 Å². The van der Waals surface area contributed by atoms with Crippen molar-refractivity contribution in [3.05, 3.63) is 65.7 Å². The second-order valence-electron chi connectivity index (χ2n) is 8.47. The van der Waals surface area contributed by atoms with Gasteiger partial charge in [-0.25, -0.2) is 23.4 Å². The van der Waals surface area contributed by atoms with Crippen LogP contribution in [0.4, 0.5) is 5.82 Å². The van der Waals surface area contributed by atoms with Crippen LogP contribution in [0.2, 0.25) is 0 Å². The van der Waals surface area contributed by atoms with Gasteiger partial charge in [-0.05, 0) is 67.6 Å². The molecule has 1 fully saturated rings. The molecule has 3 N–H and O–H groups in total. The zero-order valence-electron chi connectivity index (χ0n) is 18.5. The topological polar surface area (TPSA) is 118 Å². The number of sulfonamides is 1. The summed E-state index contributed by atoms with van der Waals surface area (Å²) in [5.74, 6) is 1.36. The lowest BCUT2D eigenvalue weighted by atomic mass is 10.1. The third kappa shape index (κ3) is 4.46. The molecule has 33 heavy (non-hydrogen) atoms. The van der Waals surface area contributed by atoms with E-state index in [9.17, 15) is 8.42 Å². The molecule has 0 radical (unpaired) electrons. The van der Waals surface area contributed by atoms with Gasteiger partial charge in [0.1, 0.15) is 17.2 Å². The summed E-state index contributed by atoms with van der Waals surface area (Å²) < 4.78 is 27.1. The number of rotatable bonds is 6. The smallest absolute Gasteiger partial charge is 0.243 e. The SMILES string of the molecule is Cc1cc(N)nc(CCc2nc3cc(-c4ccc(S(=O)(=O)N5CCCC5)cc4)cnc3[nH]2)c1. The van der Waals surface area contributed by atoms with Crippen molar-refractivity contribution in [3.8, 4) is 11.1 Å². The number of benzene rings is 1. The van der Waals surface area contributed by atoms with Gasteiger partial charge in [-0.15, -0.1) is 0 Å². The monoisotopic (exact) mass is 462 g/mol. The summed E-state index contributed by atoms with van der Waals surface area (Å²) in [4.78, 5) is 17.2. The first kappa shape index (κ1) is 21.5. The number of aromatic amines is 1. The van der Waals surface area contributed by atoms with Crippen LogP contribution in [0.25, 0.3) is 22.3 Å². The van der Waals surface area contributed by atoms with Gasteiger partial charge in [0.2, 0.25) is 10.0 Å². The maximum absolute atomic E-state index is 12.7. The molecule has 0 bridgehead atoms. The van der Waals surface area contributed by atoms with E-state index < -0.39 is 10.0 Å². The van der Waals surface area contributed by atoms with E-state index >= 15 is 0 Å². The molecule has 0 aliphatic carbocycles. The third-order valence-electron chi connectivity index (χ3n) is 5.94. The van der Waals surface area contributed by atoms with Gasteiger partial charge in [0.15, 0.2) is 5.65 Å². The molecule has 170 valence electrons. The Morgan fingerprint density at radius 1 is 1.00 bits per heavy atom. The second-order valence-corrected chi connectivity index (χ2v) is 10.4. The molecule has 1 aliphatic heterocycles. The van der Waals surface area contributed by atoms with Crippen molar-refractivity contribution in [1.29, 1.82) is 0 Å². The predicted molar refractivity (Wildman–Crippen MR) is 128 cm³/mol. The first-order valence-electron chi connectivity index (χ1n) is 11.1. The van der Waals surface area contributed by atoms with Crippen LogP contribution in [0.5, 0.6) is 0 Å². The summed E-state index contributed by atoms with van der Waals surface area (Å²) in [7, 11) is -3.42. The number of imidazole rings is 1. The fourth-order valence-corrected chi connectivity index (χ4v) is 5.78. The van der Waals surface area contributed by atoms with Crippen LogP contribution in [0.15, 0.2) is 53.6 Å². The molecule has 5 rings (SSSR count). The molecule has 1 saturated heterocycles. The zero-order chi connectivity index (χ0) is 23.0. The standard InChI is InChI=1S/C24H26N6O2S/c1-16-12-19(27-22(25)13-16)6-9-23-28-21-14-18(15-26-24(21)29-23)17-4-7-20(8-5-17)33(31,32)30-10-2-3-11-30/h4-5,7-8,12-15H,2-3,6,9-11H2,1H3,(H2,25,27)(H,26,28,29). The van der Waals surface area contributed by atoms with Crippen LogP contribution in [0.1, 0.15) is 29.9 Å². The van der Waals surface area contributed by atoms with E-state index in [-0.39, 0.29) is 0 Å². The fourth-order valence-electron chi connectivity index (χ4n) is 4.26. The van der Waals surface area contributed by atoms with Crippen molar-refractivity contribution >= 4 is 27.0 Å². The number of pyridine rings is 2. The van der Waals surface area contributed by atoms with E-state index in [1.165, 1.54) is 0 Å². The minimum absolute atomic E-state index is 0.328. The van der Waals surface area contributed by atoms with Gasteiger partial charge in [0.05, 0.1) is 4.90 Å². The van der Waals surface area contributed by atoms with E-state index in [1.54, 1.807) is 22.6 Å². The first-order chi connectivity index (χ1) is 15.9. The molecule has 1 aromatic carbocycles. The van der Waals surface area contributed by atoms with Gasteiger partial charge in [-0.2, -0.15) is 4.31 Å². The van der Waals surface area contributed by atoms with E-state index in [1.807, 2.05) is 37.3 Å². The Bertz CT molecular complexity index is 1390. The van der Waals surface area contributed by atoms with E-state index in [4.69, 9.17) is 5.73 Å². The molecule has 0 saturated carbocycles. The predicted octanol–water partition coefficient (Wildman–Crippen LogP) is 3.48. The average Bonchev–Trinajstić information content (AvgIpc) is 3.47. The van der Waals surface area contributed by atoms with Crippen LogP contribution < -0.4 is 5.73 Å². The highest BCUT2D eigenvalue weighted by Gasteiger charge is 2.26. The Morgan fingerprint density at radius 2 is 1.76 bits per heavy atom. The maximum Gasteiger partial charge on any atom is 0.243 e. The number of nitrogens with zero attached hydrogens (tertiary/aromatic N) is 4. The Hall–Kier alpha value is -3.30. The van der Waals surface area contributed by atoms with Crippen LogP contribution in [-0.4, -0.2) is 45.7 Å². The number of nitrogens with two attached hydrogens (primary N) is 1. The number of H-pyrrole nitrogens is 1. The summed E-state index contributed by atoms with van der Waals surface area (Å²) >= 11 is 0. The molecule has 0 unspecified atom stereocenters. The molecule has 4 aromatic rings. The number of aromatic nitrogens is 4. The lowest BCUT2D eigenvalue weighted by Crippen LogP contribution is -2.27. The molecule has 0 atom stereocenters. The Labute approximate surface area is 193 Å². The highest BCUT2D eigenvalue weighted by Crippen LogP contribution is 2.26. The number of aryl methyl sites for hydroxylation is 3. The largest absolute Gasteiger partial charge is 0.384 e. The summed E-state index contributed by atoms with van der Waals surface area (Å²) in [6, 6.07) is 12.8. The van der Waals surface area contributed by atoms with Crippen molar-refractivity contribution in [2.45, 2.75) is 37.5 Å². The molecule has 4 heterocycles. The lowest BCUT2D eigenvalue weighted by Gasteiger charge is -2.15. The number of hydrogen-bond acceptors (Lipinski definition) is 6. The number of hydrogen-bond donors (Lipinski definition) is 2. The van der Waals surface area contributed by atoms with Gasteiger partial charge < -0.3 is 10.7 Å². The van der Waals surface area contributed by atoms with Crippen LogP contribution in [0, 0.1) is 6.92 Å². The number of nitrogens with one attached hydrogen (secondary N) is 1. The average molecular weight is 463 g/mol. The van der Waals surface area contributed by atoms with E-state index in [0.29, 0.717) is 30.2 Å². The first-order valence-corrected chi connectivity index (χ1v) is 12.5. The summed E-state index contributed by atoms with van der Waals surface area (Å²) in [5.41, 5.74) is 11.1. The molecule has 0 spiro atoms. The Balaban J connectivity index is 1.34. The Kier molecular flexibility index (Phi) is 5.59. The summed E-state index contributed by atoms with van der Waals surface area (Å²) in [6.07, 6.45) is 5.04. The highest BCUT2D eigenvalue weighted by atomic mass is 32.2. The molecule has 9 heteroatoms. The lowest BCUT2D eigenvalue weighted by molar-refractivity contribution is 0.477. The van der Waals surface area contributed by atoms with Gasteiger partial charge in [0, 0.05) is 37.0 Å². The number of fused-ring (bicyclic) bond motifs is 1. The molecule has 8 nitrogen and oxygen atoms in total. The quantitative estimate of drug-likeness (QED) is 0.453. The van der Waals surface area contributed by atoms with Crippen LogP contribution in [-0.2, 0) is 22.9 Å². The van der Waals surface area contributed by atoms with Crippen molar-refractivity contribution in [2.24, 2.45) is 0 Å². The minimum Gasteiger partial charge on any atom is -0.384 e. The Morgan fingerprint density at radius 3 is 2.48 bits per heavy atom. The van der Waals surface area contributed by atoms with Gasteiger partial charge in [-0.3, -0.25) is 0 Å². The zero-order valence-corrected chi connectivity index (χ0v) is 19.3. The van der Waals surface area contributed by atoms with E-state index in [2.05, 4.69) is 19.9 Å². The molecular weight excluding hydrogens is 436 g/mol. The van der Waals surface area contributed by atoms with Gasteiger partial charge in [-0.1, -0.05) is 12.1 Å². The van der Waals surface area contributed by atoms with Crippen molar-refractivity contribution in [3.63, 3.8) is 0 Å². The van der Waals surface area contributed by atoms with Crippen LogP contribution >= 0.6 is 0 Å². The van der Waals surface area contributed by atoms with Crippen molar-refractivity contribution in [2.75, 3.05) is 18.8 Å². The molecular formula is C24H26N6O2S. The third-order valence-corrected chi connectivity index (χ3v) is 7.85. The highest BCUT2D eigenvalue weighted by molar-refractivity contribution is 7.89. The van der Waals surface area contributed by atoms with Gasteiger partial charge in [0.25, 0.3) is 0 Å². The van der Waals surface area contributed by atoms with E-state index in [0.717, 1.165) is 58.6 Å². The number of nitrogen functional groups attached to an aromatic ring is 1. The van der Waals surface area contributed by atoms with Gasteiger partial charge >= 0.3 is 0 Å². The normalized spacial score (nSPS) is 14.8. The molecule has 3 aromatic heterocycles. The fraction of sp³-hybridized carbons (Fsp3) is 0.292. The van der Waals surface area contributed by atoms with Crippen molar-refractivity contribution in [1.82, 2.24) is 24.2 Å². The summed E-state index contributed by atoms with van der Waals surface area (Å²) in [5, 5.41) is 0. The molecule has 1 aliphatic rings. The minimum atomic E-state index is -3.42. The molecule has 0 amide bonds.